The first kappa shape index (κ1) is 29.8. The van der Waals surface area contributed by atoms with Crippen LogP contribution in [0, 0.1) is 0 Å². The molecule has 8 heteroatoms. The molecule has 1 atom stereocenters. The van der Waals surface area contributed by atoms with Crippen LogP contribution in [0.5, 0.6) is 0 Å². The molecule has 0 saturated carbocycles. The average molecular weight is 558 g/mol. The molecule has 3 aromatic rings. The van der Waals surface area contributed by atoms with Crippen molar-refractivity contribution < 1.29 is 24.2 Å². The summed E-state index contributed by atoms with van der Waals surface area (Å²) in [5.41, 5.74) is 5.83. The SMILES string of the molecule is CN(Cc1ccccc1)CC(NC(=O)CCCCCCNC(=O)OCC1c2ccccc2-c2ccccc21)C(=O)O. The molecule has 1 aliphatic rings. The number of hydrogen-bond acceptors (Lipinski definition) is 5. The third kappa shape index (κ3) is 8.66. The van der Waals surface area contributed by atoms with Crippen LogP contribution >= 0.6 is 0 Å². The summed E-state index contributed by atoms with van der Waals surface area (Å²) >= 11 is 0. The summed E-state index contributed by atoms with van der Waals surface area (Å²) in [5, 5.41) is 15.0. The zero-order chi connectivity index (χ0) is 29.0. The van der Waals surface area contributed by atoms with Crippen molar-refractivity contribution in [3.63, 3.8) is 0 Å². The quantitative estimate of drug-likeness (QED) is 0.222. The van der Waals surface area contributed by atoms with Gasteiger partial charge in [0, 0.05) is 32.0 Å². The molecule has 4 rings (SSSR count). The Morgan fingerprint density at radius 3 is 2.12 bits per heavy atom. The van der Waals surface area contributed by atoms with Crippen LogP contribution in [0.2, 0.25) is 0 Å². The Morgan fingerprint density at radius 1 is 0.854 bits per heavy atom. The van der Waals surface area contributed by atoms with Gasteiger partial charge in [-0.3, -0.25) is 9.69 Å². The third-order valence-corrected chi connectivity index (χ3v) is 7.37. The summed E-state index contributed by atoms with van der Waals surface area (Å²) < 4.78 is 5.56. The van der Waals surface area contributed by atoms with Gasteiger partial charge >= 0.3 is 12.1 Å². The standard InChI is InChI=1S/C33H39N3O5/c1-36(21-24-13-5-4-6-14-24)22-30(32(38)39)35-31(37)19-7-2-3-12-20-34-33(40)41-23-29-27-17-10-8-15-25(27)26-16-9-11-18-28(26)29/h4-6,8-11,13-18,29-30H,2-3,7,12,19-23H2,1H3,(H,34,40)(H,35,37)(H,38,39). The van der Waals surface area contributed by atoms with Gasteiger partial charge in [-0.2, -0.15) is 0 Å². The number of nitrogens with one attached hydrogen (secondary N) is 2. The number of unbranched alkanes of at least 4 members (excludes halogenated alkanes) is 3. The summed E-state index contributed by atoms with van der Waals surface area (Å²) in [4.78, 5) is 38.2. The zero-order valence-corrected chi connectivity index (χ0v) is 23.6. The van der Waals surface area contributed by atoms with Crippen molar-refractivity contribution in [2.45, 2.75) is 50.6 Å². The fraction of sp³-hybridized carbons (Fsp3) is 0.364. The number of amides is 2. The molecule has 41 heavy (non-hydrogen) atoms. The number of hydrogen-bond donors (Lipinski definition) is 3. The van der Waals surface area contributed by atoms with E-state index in [1.807, 2.05) is 66.5 Å². The van der Waals surface area contributed by atoms with E-state index in [-0.39, 0.29) is 31.4 Å². The number of nitrogens with zero attached hydrogens (tertiary/aromatic N) is 1. The van der Waals surface area contributed by atoms with Gasteiger partial charge in [-0.1, -0.05) is 91.7 Å². The van der Waals surface area contributed by atoms with Gasteiger partial charge in [0.1, 0.15) is 12.6 Å². The molecule has 2 amide bonds. The monoisotopic (exact) mass is 557 g/mol. The maximum atomic E-state index is 12.3. The van der Waals surface area contributed by atoms with E-state index in [1.54, 1.807) is 0 Å². The van der Waals surface area contributed by atoms with Gasteiger partial charge in [0.2, 0.25) is 5.91 Å². The van der Waals surface area contributed by atoms with Gasteiger partial charge in [0.15, 0.2) is 0 Å². The topological polar surface area (TPSA) is 108 Å². The van der Waals surface area contributed by atoms with Crippen molar-refractivity contribution in [3.8, 4) is 11.1 Å². The second-order valence-electron chi connectivity index (χ2n) is 10.6. The molecule has 0 spiro atoms. The number of benzene rings is 3. The predicted molar refractivity (Wildman–Crippen MR) is 158 cm³/mol. The number of aliphatic carboxylic acids is 1. The number of likely N-dealkylation sites (N-methyl/N-ethyl adjacent to an activating group) is 1. The molecule has 8 nitrogen and oxygen atoms in total. The lowest BCUT2D eigenvalue weighted by molar-refractivity contribution is -0.142. The maximum absolute atomic E-state index is 12.3. The molecule has 0 bridgehead atoms. The lowest BCUT2D eigenvalue weighted by atomic mass is 9.98. The molecule has 216 valence electrons. The van der Waals surface area contributed by atoms with Crippen molar-refractivity contribution in [1.82, 2.24) is 15.5 Å². The minimum atomic E-state index is -1.04. The van der Waals surface area contributed by atoms with Crippen LogP contribution in [-0.2, 0) is 20.9 Å². The van der Waals surface area contributed by atoms with Crippen LogP contribution < -0.4 is 10.6 Å². The molecule has 0 aromatic heterocycles. The summed E-state index contributed by atoms with van der Waals surface area (Å²) in [5.74, 6) is -1.27. The summed E-state index contributed by atoms with van der Waals surface area (Å²) in [6.07, 6.45) is 2.93. The number of carboxylic acid groups (broad SMARTS) is 1. The number of carbonyl (C=O) groups is 3. The molecule has 3 N–H and O–H groups in total. The smallest absolute Gasteiger partial charge is 0.407 e. The highest BCUT2D eigenvalue weighted by molar-refractivity contribution is 5.83. The molecule has 0 radical (unpaired) electrons. The van der Waals surface area contributed by atoms with Crippen LogP contribution in [0.1, 0.15) is 54.7 Å². The Morgan fingerprint density at radius 2 is 1.46 bits per heavy atom. The molecule has 0 heterocycles. The van der Waals surface area contributed by atoms with Crippen LogP contribution in [0.4, 0.5) is 4.79 Å². The summed E-state index contributed by atoms with van der Waals surface area (Å²) in [6.45, 7) is 1.61. The Balaban J connectivity index is 1.08. The van der Waals surface area contributed by atoms with E-state index in [1.165, 1.54) is 22.3 Å². The molecule has 1 aliphatic carbocycles. The Kier molecular flexibility index (Phi) is 10.9. The van der Waals surface area contributed by atoms with Gasteiger partial charge in [0.25, 0.3) is 0 Å². The van der Waals surface area contributed by atoms with Gasteiger partial charge in [-0.15, -0.1) is 0 Å². The van der Waals surface area contributed by atoms with E-state index in [4.69, 9.17) is 4.74 Å². The highest BCUT2D eigenvalue weighted by atomic mass is 16.5. The van der Waals surface area contributed by atoms with Gasteiger partial charge < -0.3 is 20.5 Å². The van der Waals surface area contributed by atoms with E-state index >= 15 is 0 Å². The van der Waals surface area contributed by atoms with Gasteiger partial charge in [0.05, 0.1) is 0 Å². The lowest BCUT2D eigenvalue weighted by Crippen LogP contribution is -2.47. The number of ether oxygens (including phenoxy) is 1. The zero-order valence-electron chi connectivity index (χ0n) is 23.6. The first-order valence-electron chi connectivity index (χ1n) is 14.3. The van der Waals surface area contributed by atoms with E-state index in [9.17, 15) is 19.5 Å². The summed E-state index contributed by atoms with van der Waals surface area (Å²) in [6, 6.07) is 25.3. The molecule has 3 aromatic carbocycles. The Labute approximate surface area is 241 Å². The highest BCUT2D eigenvalue weighted by Gasteiger charge is 2.29. The fourth-order valence-electron chi connectivity index (χ4n) is 5.33. The maximum Gasteiger partial charge on any atom is 0.407 e. The van der Waals surface area contributed by atoms with E-state index in [2.05, 4.69) is 34.9 Å². The van der Waals surface area contributed by atoms with Crippen molar-refractivity contribution in [3.05, 3.63) is 95.6 Å². The number of rotatable bonds is 15. The van der Waals surface area contributed by atoms with Crippen molar-refractivity contribution in [2.75, 3.05) is 26.7 Å². The van der Waals surface area contributed by atoms with E-state index in [0.29, 0.717) is 19.5 Å². The number of carboxylic acids is 1. The molecule has 0 fully saturated rings. The molecular weight excluding hydrogens is 518 g/mol. The molecule has 1 unspecified atom stereocenters. The first-order chi connectivity index (χ1) is 19.9. The Hall–Kier alpha value is -4.17. The molecule has 0 saturated heterocycles. The normalized spacial score (nSPS) is 12.8. The molecular formula is C33H39N3O5. The van der Waals surface area contributed by atoms with Crippen molar-refractivity contribution in [1.29, 1.82) is 0 Å². The lowest BCUT2D eigenvalue weighted by Gasteiger charge is -2.22. The summed E-state index contributed by atoms with van der Waals surface area (Å²) in [7, 11) is 1.84. The second kappa shape index (κ2) is 15.0. The second-order valence-corrected chi connectivity index (χ2v) is 10.6. The Bertz CT molecular complexity index is 1270. The third-order valence-electron chi connectivity index (χ3n) is 7.37. The number of carbonyl (C=O) groups excluding carboxylic acids is 2. The van der Waals surface area contributed by atoms with Gasteiger partial charge in [-0.25, -0.2) is 9.59 Å². The van der Waals surface area contributed by atoms with Crippen molar-refractivity contribution >= 4 is 18.0 Å². The largest absolute Gasteiger partial charge is 0.480 e. The van der Waals surface area contributed by atoms with E-state index in [0.717, 1.165) is 24.8 Å². The van der Waals surface area contributed by atoms with Crippen LogP contribution in [-0.4, -0.2) is 60.8 Å². The number of fused-ring (bicyclic) bond motifs is 3. The molecule has 0 aliphatic heterocycles. The minimum absolute atomic E-state index is 0.0317. The number of alkyl carbamates (subject to hydrolysis) is 1. The first-order valence-corrected chi connectivity index (χ1v) is 14.3. The van der Waals surface area contributed by atoms with Crippen LogP contribution in [0.3, 0.4) is 0 Å². The van der Waals surface area contributed by atoms with Crippen LogP contribution in [0.25, 0.3) is 11.1 Å². The van der Waals surface area contributed by atoms with Gasteiger partial charge in [-0.05, 0) is 47.7 Å². The van der Waals surface area contributed by atoms with Crippen molar-refractivity contribution in [2.24, 2.45) is 0 Å². The average Bonchev–Trinajstić information content (AvgIpc) is 3.29. The fourth-order valence-corrected chi connectivity index (χ4v) is 5.33. The van der Waals surface area contributed by atoms with E-state index < -0.39 is 18.1 Å². The highest BCUT2D eigenvalue weighted by Crippen LogP contribution is 2.44. The minimum Gasteiger partial charge on any atom is -0.480 e. The van der Waals surface area contributed by atoms with Crippen LogP contribution in [0.15, 0.2) is 78.9 Å². The predicted octanol–water partition coefficient (Wildman–Crippen LogP) is 5.18.